The zero-order valence-corrected chi connectivity index (χ0v) is 13.1. The van der Waals surface area contributed by atoms with Crippen molar-refractivity contribution in [3.05, 3.63) is 15.6 Å². The first-order valence-corrected chi connectivity index (χ1v) is 8.40. The average molecular weight is 279 g/mol. The molecule has 3 heterocycles. The van der Waals surface area contributed by atoms with Crippen LogP contribution in [0.1, 0.15) is 48.2 Å². The summed E-state index contributed by atoms with van der Waals surface area (Å²) in [6.45, 7) is 10.1. The van der Waals surface area contributed by atoms with Crippen molar-refractivity contribution in [1.29, 1.82) is 0 Å². The van der Waals surface area contributed by atoms with E-state index in [0.29, 0.717) is 0 Å². The van der Waals surface area contributed by atoms with E-state index in [0.717, 1.165) is 12.6 Å². The maximum atomic E-state index is 4.88. The Kier molecular flexibility index (Phi) is 3.67. The van der Waals surface area contributed by atoms with Gasteiger partial charge in [0.25, 0.3) is 0 Å². The minimum atomic E-state index is 0.143. The van der Waals surface area contributed by atoms with Gasteiger partial charge in [-0.2, -0.15) is 0 Å². The summed E-state index contributed by atoms with van der Waals surface area (Å²) in [7, 11) is 0. The second-order valence-electron chi connectivity index (χ2n) is 6.06. The number of nitrogens with one attached hydrogen (secondary N) is 1. The highest BCUT2D eigenvalue weighted by Crippen LogP contribution is 2.41. The van der Waals surface area contributed by atoms with Crippen LogP contribution in [0.3, 0.4) is 0 Å². The molecule has 2 aliphatic heterocycles. The summed E-state index contributed by atoms with van der Waals surface area (Å²) in [4.78, 5) is 8.94. The van der Waals surface area contributed by atoms with Crippen LogP contribution in [-0.2, 0) is 5.54 Å². The van der Waals surface area contributed by atoms with E-state index in [1.807, 2.05) is 11.3 Å². The predicted molar refractivity (Wildman–Crippen MR) is 80.8 cm³/mol. The molecule has 1 aromatic rings. The molecule has 0 radical (unpaired) electrons. The zero-order valence-electron chi connectivity index (χ0n) is 12.3. The lowest BCUT2D eigenvalue weighted by atomic mass is 9.83. The summed E-state index contributed by atoms with van der Waals surface area (Å²) in [6.07, 6.45) is 5.20. The summed E-state index contributed by atoms with van der Waals surface area (Å²) in [5, 5.41) is 5.12. The number of hydrogen-bond acceptors (Lipinski definition) is 4. The van der Waals surface area contributed by atoms with Crippen LogP contribution in [0.5, 0.6) is 0 Å². The summed E-state index contributed by atoms with van der Waals surface area (Å²) < 4.78 is 0. The molecule has 0 saturated carbocycles. The van der Waals surface area contributed by atoms with Gasteiger partial charge in [-0.05, 0) is 52.6 Å². The Bertz CT molecular complexity index is 437. The number of aryl methyl sites for hydroxylation is 2. The summed E-state index contributed by atoms with van der Waals surface area (Å²) in [5.41, 5.74) is 1.36. The van der Waals surface area contributed by atoms with Crippen LogP contribution in [0.15, 0.2) is 0 Å². The highest BCUT2D eigenvalue weighted by Gasteiger charge is 2.43. The van der Waals surface area contributed by atoms with Gasteiger partial charge in [-0.25, -0.2) is 4.98 Å². The summed E-state index contributed by atoms with van der Waals surface area (Å²) in [6, 6.07) is 0.775. The van der Waals surface area contributed by atoms with Crippen LogP contribution in [0.2, 0.25) is 0 Å². The molecule has 0 aliphatic carbocycles. The van der Waals surface area contributed by atoms with E-state index in [9.17, 15) is 0 Å². The van der Waals surface area contributed by atoms with Gasteiger partial charge in [0.1, 0.15) is 5.01 Å². The fourth-order valence-corrected chi connectivity index (χ4v) is 4.82. The summed E-state index contributed by atoms with van der Waals surface area (Å²) >= 11 is 1.90. The minimum Gasteiger partial charge on any atom is -0.306 e. The predicted octanol–water partition coefficient (Wildman–Crippen LogP) is 2.82. The molecular weight excluding hydrogens is 254 g/mol. The molecule has 3 nitrogen and oxygen atoms in total. The number of nitrogens with zero attached hydrogens (tertiary/aromatic N) is 2. The van der Waals surface area contributed by atoms with Gasteiger partial charge in [-0.1, -0.05) is 6.92 Å². The van der Waals surface area contributed by atoms with Gasteiger partial charge >= 0.3 is 0 Å². The lowest BCUT2D eigenvalue weighted by Gasteiger charge is -2.43. The maximum Gasteiger partial charge on any atom is 0.113 e. The van der Waals surface area contributed by atoms with Crippen molar-refractivity contribution in [1.82, 2.24) is 15.2 Å². The second-order valence-corrected chi connectivity index (χ2v) is 7.26. The first kappa shape index (κ1) is 13.5. The van der Waals surface area contributed by atoms with Crippen LogP contribution in [0.4, 0.5) is 0 Å². The van der Waals surface area contributed by atoms with E-state index in [2.05, 4.69) is 31.0 Å². The lowest BCUT2D eigenvalue weighted by molar-refractivity contribution is 0.106. The second kappa shape index (κ2) is 5.15. The number of aromatic nitrogens is 1. The van der Waals surface area contributed by atoms with E-state index in [1.54, 1.807) is 0 Å². The number of thiazole rings is 1. The number of piperidine rings is 1. The Labute approximate surface area is 120 Å². The number of hydrogen-bond donors (Lipinski definition) is 1. The van der Waals surface area contributed by atoms with Crippen LogP contribution in [-0.4, -0.2) is 35.6 Å². The lowest BCUT2D eigenvalue weighted by Crippen LogP contribution is -2.53. The Morgan fingerprint density at radius 1 is 1.42 bits per heavy atom. The molecule has 0 spiro atoms. The molecular formula is C15H25N3S. The van der Waals surface area contributed by atoms with Gasteiger partial charge in [0, 0.05) is 17.5 Å². The molecule has 2 unspecified atom stereocenters. The van der Waals surface area contributed by atoms with Gasteiger partial charge < -0.3 is 10.2 Å². The van der Waals surface area contributed by atoms with Crippen molar-refractivity contribution < 1.29 is 0 Å². The van der Waals surface area contributed by atoms with E-state index in [-0.39, 0.29) is 5.54 Å². The Morgan fingerprint density at radius 2 is 2.26 bits per heavy atom. The van der Waals surface area contributed by atoms with Crippen LogP contribution in [0.25, 0.3) is 0 Å². The van der Waals surface area contributed by atoms with Gasteiger partial charge in [0.2, 0.25) is 0 Å². The molecule has 2 atom stereocenters. The molecule has 1 aromatic heterocycles. The van der Waals surface area contributed by atoms with Gasteiger partial charge in [-0.15, -0.1) is 11.3 Å². The fraction of sp³-hybridized carbons (Fsp3) is 0.800. The monoisotopic (exact) mass is 279 g/mol. The SMILES string of the molecule is CCNC1(c2nc(C)c(C)s2)CCN2CCCC2C1. The van der Waals surface area contributed by atoms with E-state index < -0.39 is 0 Å². The van der Waals surface area contributed by atoms with E-state index >= 15 is 0 Å². The smallest absolute Gasteiger partial charge is 0.113 e. The van der Waals surface area contributed by atoms with E-state index in [4.69, 9.17) is 4.98 Å². The molecule has 2 saturated heterocycles. The van der Waals surface area contributed by atoms with Crippen LogP contribution >= 0.6 is 11.3 Å². The van der Waals surface area contributed by atoms with Crippen LogP contribution in [0, 0.1) is 13.8 Å². The van der Waals surface area contributed by atoms with Crippen molar-refractivity contribution >= 4 is 11.3 Å². The first-order chi connectivity index (χ1) is 9.14. The van der Waals surface area contributed by atoms with Gasteiger partial charge in [0.15, 0.2) is 0 Å². The molecule has 0 aromatic carbocycles. The largest absolute Gasteiger partial charge is 0.306 e. The third-order valence-electron chi connectivity index (χ3n) is 4.86. The Morgan fingerprint density at radius 3 is 2.95 bits per heavy atom. The zero-order chi connectivity index (χ0) is 13.5. The van der Waals surface area contributed by atoms with Crippen LogP contribution < -0.4 is 5.32 Å². The normalized spacial score (nSPS) is 31.6. The third kappa shape index (κ3) is 2.34. The Balaban J connectivity index is 1.90. The molecule has 2 fully saturated rings. The van der Waals surface area contributed by atoms with Gasteiger partial charge in [0.05, 0.1) is 11.2 Å². The molecule has 4 heteroatoms. The minimum absolute atomic E-state index is 0.143. The fourth-order valence-electron chi connectivity index (χ4n) is 3.71. The topological polar surface area (TPSA) is 28.2 Å². The maximum absolute atomic E-state index is 4.88. The quantitative estimate of drug-likeness (QED) is 0.922. The van der Waals surface area contributed by atoms with Crippen molar-refractivity contribution in [2.24, 2.45) is 0 Å². The Hall–Kier alpha value is -0.450. The first-order valence-electron chi connectivity index (χ1n) is 7.58. The molecule has 0 bridgehead atoms. The number of fused-ring (bicyclic) bond motifs is 1. The summed E-state index contributed by atoms with van der Waals surface area (Å²) in [5.74, 6) is 0. The highest BCUT2D eigenvalue weighted by atomic mass is 32.1. The standard InChI is InChI=1S/C15H25N3S/c1-4-16-15(14-17-11(2)12(3)19-14)7-9-18-8-5-6-13(18)10-15/h13,16H,4-10H2,1-3H3. The van der Waals surface area contributed by atoms with E-state index in [1.165, 1.54) is 54.4 Å². The molecule has 2 aliphatic rings. The van der Waals surface area contributed by atoms with Crippen molar-refractivity contribution in [3.8, 4) is 0 Å². The molecule has 19 heavy (non-hydrogen) atoms. The third-order valence-corrected chi connectivity index (χ3v) is 6.14. The highest BCUT2D eigenvalue weighted by molar-refractivity contribution is 7.11. The van der Waals surface area contributed by atoms with Crippen molar-refractivity contribution in [2.45, 2.75) is 58.0 Å². The molecule has 0 amide bonds. The average Bonchev–Trinajstić information content (AvgIpc) is 2.97. The van der Waals surface area contributed by atoms with Gasteiger partial charge in [-0.3, -0.25) is 0 Å². The molecule has 3 rings (SSSR count). The molecule has 106 valence electrons. The molecule has 1 N–H and O–H groups in total. The number of rotatable bonds is 3. The van der Waals surface area contributed by atoms with Crippen molar-refractivity contribution in [3.63, 3.8) is 0 Å². The van der Waals surface area contributed by atoms with Crippen molar-refractivity contribution in [2.75, 3.05) is 19.6 Å².